The lowest BCUT2D eigenvalue weighted by Gasteiger charge is -2.27. The van der Waals surface area contributed by atoms with Crippen molar-refractivity contribution in [2.45, 2.75) is 25.8 Å². The van der Waals surface area contributed by atoms with Gasteiger partial charge in [-0.1, -0.05) is 30.3 Å². The van der Waals surface area contributed by atoms with E-state index in [0.717, 1.165) is 29.4 Å². The lowest BCUT2D eigenvalue weighted by Crippen LogP contribution is -2.40. The normalized spacial score (nSPS) is 15.5. The highest BCUT2D eigenvalue weighted by Gasteiger charge is 2.12. The van der Waals surface area contributed by atoms with E-state index in [0.29, 0.717) is 12.5 Å². The quantitative estimate of drug-likeness (QED) is 0.461. The summed E-state index contributed by atoms with van der Waals surface area (Å²) in [4.78, 5) is 11.3. The van der Waals surface area contributed by atoms with Crippen LogP contribution in [0.25, 0.3) is 10.6 Å². The predicted molar refractivity (Wildman–Crippen MR) is 104 cm³/mol. The minimum absolute atomic E-state index is 0. The number of benzene rings is 1. The first-order valence-corrected chi connectivity index (χ1v) is 8.25. The second-order valence-electron chi connectivity index (χ2n) is 5.23. The zero-order chi connectivity index (χ0) is 14.5. The Morgan fingerprint density at radius 3 is 2.64 bits per heavy atom. The average Bonchev–Trinajstić information content (AvgIpc) is 3.03. The van der Waals surface area contributed by atoms with Crippen molar-refractivity contribution in [1.82, 2.24) is 9.88 Å². The second kappa shape index (κ2) is 8.47. The van der Waals surface area contributed by atoms with Crippen LogP contribution in [0, 0.1) is 0 Å². The first-order chi connectivity index (χ1) is 10.3. The Labute approximate surface area is 152 Å². The van der Waals surface area contributed by atoms with E-state index in [1.165, 1.54) is 19.3 Å². The van der Waals surface area contributed by atoms with E-state index in [1.807, 2.05) is 18.2 Å². The van der Waals surface area contributed by atoms with E-state index in [9.17, 15) is 0 Å². The summed E-state index contributed by atoms with van der Waals surface area (Å²) in [6.07, 6.45) is 3.73. The molecule has 1 aromatic carbocycles. The van der Waals surface area contributed by atoms with E-state index in [1.54, 1.807) is 11.3 Å². The number of likely N-dealkylation sites (tertiary alicyclic amines) is 1. The number of guanidine groups is 1. The molecule has 0 unspecified atom stereocenters. The van der Waals surface area contributed by atoms with Crippen LogP contribution in [0.15, 0.2) is 40.7 Å². The largest absolute Gasteiger partial charge is 0.370 e. The maximum absolute atomic E-state index is 6.07. The van der Waals surface area contributed by atoms with Gasteiger partial charge < -0.3 is 10.6 Å². The molecular weight excluding hydrogens is 407 g/mol. The van der Waals surface area contributed by atoms with Crippen LogP contribution in [0.1, 0.15) is 25.0 Å². The minimum Gasteiger partial charge on any atom is -0.370 e. The highest BCUT2D eigenvalue weighted by Crippen LogP contribution is 2.23. The van der Waals surface area contributed by atoms with Crippen LogP contribution in [-0.4, -0.2) is 28.9 Å². The van der Waals surface area contributed by atoms with Gasteiger partial charge in [0.15, 0.2) is 5.96 Å². The van der Waals surface area contributed by atoms with Gasteiger partial charge in [-0.15, -0.1) is 35.3 Å². The first kappa shape index (κ1) is 17.2. The minimum atomic E-state index is 0. The fourth-order valence-electron chi connectivity index (χ4n) is 2.48. The van der Waals surface area contributed by atoms with Crippen molar-refractivity contribution < 1.29 is 0 Å². The monoisotopic (exact) mass is 428 g/mol. The third-order valence-electron chi connectivity index (χ3n) is 3.66. The third-order valence-corrected chi connectivity index (χ3v) is 4.60. The molecule has 4 nitrogen and oxygen atoms in total. The summed E-state index contributed by atoms with van der Waals surface area (Å²) >= 11 is 1.66. The van der Waals surface area contributed by atoms with E-state index in [2.05, 4.69) is 32.4 Å². The number of piperidine rings is 1. The predicted octanol–water partition coefficient (Wildman–Crippen LogP) is 3.73. The molecule has 22 heavy (non-hydrogen) atoms. The van der Waals surface area contributed by atoms with Crippen LogP contribution in [-0.2, 0) is 6.54 Å². The molecule has 1 aromatic heterocycles. The van der Waals surface area contributed by atoms with Gasteiger partial charge in [0.1, 0.15) is 5.01 Å². The molecule has 1 aliphatic heterocycles. The highest BCUT2D eigenvalue weighted by atomic mass is 127. The van der Waals surface area contributed by atoms with Crippen molar-refractivity contribution in [3.63, 3.8) is 0 Å². The Bertz CT molecular complexity index is 606. The third kappa shape index (κ3) is 4.42. The number of nitrogens with zero attached hydrogens (tertiary/aromatic N) is 3. The van der Waals surface area contributed by atoms with Crippen LogP contribution in [0.5, 0.6) is 0 Å². The van der Waals surface area contributed by atoms with Crippen molar-refractivity contribution in [1.29, 1.82) is 0 Å². The number of hydrogen-bond donors (Lipinski definition) is 1. The van der Waals surface area contributed by atoms with Gasteiger partial charge in [0.2, 0.25) is 0 Å². The zero-order valence-corrected chi connectivity index (χ0v) is 15.6. The zero-order valence-electron chi connectivity index (χ0n) is 12.4. The summed E-state index contributed by atoms with van der Waals surface area (Å²) in [7, 11) is 0. The van der Waals surface area contributed by atoms with Crippen LogP contribution < -0.4 is 5.73 Å². The van der Waals surface area contributed by atoms with Crippen LogP contribution >= 0.6 is 35.3 Å². The van der Waals surface area contributed by atoms with E-state index in [-0.39, 0.29) is 24.0 Å². The number of rotatable bonds is 3. The first-order valence-electron chi connectivity index (χ1n) is 7.37. The van der Waals surface area contributed by atoms with Gasteiger partial charge in [-0.05, 0) is 19.3 Å². The molecule has 1 saturated heterocycles. The molecule has 0 aliphatic carbocycles. The van der Waals surface area contributed by atoms with E-state index >= 15 is 0 Å². The van der Waals surface area contributed by atoms with Gasteiger partial charge in [0.05, 0.1) is 12.2 Å². The van der Waals surface area contributed by atoms with Gasteiger partial charge in [-0.3, -0.25) is 0 Å². The molecule has 2 heterocycles. The Hall–Kier alpha value is -1.15. The molecule has 2 N–H and O–H groups in total. The van der Waals surface area contributed by atoms with Gasteiger partial charge in [0, 0.05) is 24.0 Å². The van der Waals surface area contributed by atoms with Gasteiger partial charge in [-0.2, -0.15) is 0 Å². The molecule has 1 aliphatic rings. The molecule has 0 bridgehead atoms. The summed E-state index contributed by atoms with van der Waals surface area (Å²) in [5, 5.41) is 3.10. The number of aliphatic imine (C=N–C) groups is 1. The van der Waals surface area contributed by atoms with Crippen molar-refractivity contribution in [2.75, 3.05) is 13.1 Å². The average molecular weight is 428 g/mol. The molecule has 0 atom stereocenters. The molecule has 0 saturated carbocycles. The summed E-state index contributed by atoms with van der Waals surface area (Å²) in [5.41, 5.74) is 8.21. The summed E-state index contributed by atoms with van der Waals surface area (Å²) < 4.78 is 0. The van der Waals surface area contributed by atoms with Crippen molar-refractivity contribution in [2.24, 2.45) is 10.7 Å². The van der Waals surface area contributed by atoms with Crippen molar-refractivity contribution >= 4 is 41.3 Å². The molecule has 3 rings (SSSR count). The molecule has 0 amide bonds. The van der Waals surface area contributed by atoms with E-state index in [4.69, 9.17) is 5.73 Å². The smallest absolute Gasteiger partial charge is 0.191 e. The van der Waals surface area contributed by atoms with Crippen LogP contribution in [0.4, 0.5) is 0 Å². The maximum Gasteiger partial charge on any atom is 0.191 e. The van der Waals surface area contributed by atoms with Gasteiger partial charge >= 0.3 is 0 Å². The Morgan fingerprint density at radius 1 is 1.18 bits per heavy atom. The molecule has 0 radical (unpaired) electrons. The molecule has 1 fully saturated rings. The van der Waals surface area contributed by atoms with Crippen LogP contribution in [0.2, 0.25) is 0 Å². The fraction of sp³-hybridized carbons (Fsp3) is 0.375. The number of hydrogen-bond acceptors (Lipinski definition) is 3. The lowest BCUT2D eigenvalue weighted by atomic mass is 10.1. The molecule has 0 spiro atoms. The number of halogens is 1. The summed E-state index contributed by atoms with van der Waals surface area (Å²) in [6.45, 7) is 2.62. The van der Waals surface area contributed by atoms with Gasteiger partial charge in [0.25, 0.3) is 0 Å². The Balaban J connectivity index is 0.00000176. The standard InChI is InChI=1S/C16H20N4S.HI/c17-16(20-9-5-2-6-10-20)18-11-14-12-21-15(19-14)13-7-3-1-4-8-13;/h1,3-4,7-8,12H,2,5-6,9-11H2,(H2,17,18);1H. The maximum atomic E-state index is 6.07. The van der Waals surface area contributed by atoms with Gasteiger partial charge in [-0.25, -0.2) is 9.98 Å². The molecule has 118 valence electrons. The SMILES string of the molecule is I.NC(=NCc1csc(-c2ccccc2)n1)N1CCCCC1. The summed E-state index contributed by atoms with van der Waals surface area (Å²) in [5.74, 6) is 0.656. The van der Waals surface area contributed by atoms with Crippen LogP contribution in [0.3, 0.4) is 0 Å². The second-order valence-corrected chi connectivity index (χ2v) is 6.09. The lowest BCUT2D eigenvalue weighted by molar-refractivity contribution is 0.338. The summed E-state index contributed by atoms with van der Waals surface area (Å²) in [6, 6.07) is 10.2. The molecular formula is C16H21IN4S. The molecule has 2 aromatic rings. The fourth-order valence-corrected chi connectivity index (χ4v) is 3.29. The molecule has 6 heteroatoms. The topological polar surface area (TPSA) is 54.5 Å². The Morgan fingerprint density at radius 2 is 1.91 bits per heavy atom. The van der Waals surface area contributed by atoms with Crippen molar-refractivity contribution in [3.05, 3.63) is 41.4 Å². The highest BCUT2D eigenvalue weighted by molar-refractivity contribution is 14.0. The number of thiazole rings is 1. The Kier molecular flexibility index (Phi) is 6.63. The number of aromatic nitrogens is 1. The van der Waals surface area contributed by atoms with E-state index < -0.39 is 0 Å². The number of nitrogens with two attached hydrogens (primary N) is 1. The van der Waals surface area contributed by atoms with Crippen molar-refractivity contribution in [3.8, 4) is 10.6 Å².